The highest BCUT2D eigenvalue weighted by Crippen LogP contribution is 2.21. The molecule has 1 aromatic carbocycles. The first-order valence-electron chi connectivity index (χ1n) is 11.2. The van der Waals surface area contributed by atoms with Crippen LogP contribution in [0.1, 0.15) is 45.7 Å². The molecule has 4 atom stereocenters. The molecule has 1 rings (SSSR count). The lowest BCUT2D eigenvalue weighted by Gasteiger charge is -2.18. The highest BCUT2D eigenvalue weighted by Gasteiger charge is 2.10. The van der Waals surface area contributed by atoms with Gasteiger partial charge in [-0.1, -0.05) is 24.8 Å². The van der Waals surface area contributed by atoms with E-state index in [1.54, 1.807) is 20.5 Å². The lowest BCUT2D eigenvalue weighted by molar-refractivity contribution is -0.0443. The number of allylic oxidation sites excluding steroid dienone is 1. The van der Waals surface area contributed by atoms with Crippen LogP contribution in [0.5, 0.6) is 0 Å². The first-order chi connectivity index (χ1) is 15.3. The topological polar surface area (TPSA) is 55.4 Å². The molecule has 4 unspecified atom stereocenters. The third kappa shape index (κ3) is 11.8. The monoisotopic (exact) mass is 450 g/mol. The van der Waals surface area contributed by atoms with E-state index in [0.717, 1.165) is 22.3 Å². The molecule has 32 heavy (non-hydrogen) atoms. The van der Waals surface area contributed by atoms with Crippen LogP contribution in [0.2, 0.25) is 0 Å². The second-order valence-electron chi connectivity index (χ2n) is 8.25. The first kappa shape index (κ1) is 28.3. The summed E-state index contributed by atoms with van der Waals surface area (Å²) < 4.78 is 33.3. The van der Waals surface area contributed by atoms with E-state index in [1.165, 1.54) is 0 Å². The molecule has 1 aromatic rings. The summed E-state index contributed by atoms with van der Waals surface area (Å²) in [6, 6.07) is 8.22. The van der Waals surface area contributed by atoms with Gasteiger partial charge in [0.1, 0.15) is 6.10 Å². The summed E-state index contributed by atoms with van der Waals surface area (Å²) in [5.41, 5.74) is 4.08. The van der Waals surface area contributed by atoms with Gasteiger partial charge in [0.25, 0.3) is 0 Å². The van der Waals surface area contributed by atoms with Gasteiger partial charge in [0.05, 0.1) is 57.6 Å². The zero-order valence-electron chi connectivity index (χ0n) is 20.9. The third-order valence-electron chi connectivity index (χ3n) is 4.78. The lowest BCUT2D eigenvalue weighted by Crippen LogP contribution is -2.23. The number of rotatable bonds is 17. The molecule has 0 spiro atoms. The maximum atomic E-state index is 5.90. The maximum absolute atomic E-state index is 5.90. The van der Waals surface area contributed by atoms with Crippen molar-refractivity contribution < 1.29 is 28.4 Å². The van der Waals surface area contributed by atoms with Gasteiger partial charge in [-0.25, -0.2) is 0 Å². The molecule has 0 heterocycles. The van der Waals surface area contributed by atoms with Gasteiger partial charge in [-0.2, -0.15) is 0 Å². The van der Waals surface area contributed by atoms with E-state index in [4.69, 9.17) is 28.4 Å². The Balaban J connectivity index is 2.53. The van der Waals surface area contributed by atoms with Crippen molar-refractivity contribution >= 4 is 11.1 Å². The average molecular weight is 451 g/mol. The maximum Gasteiger partial charge on any atom is 0.118 e. The van der Waals surface area contributed by atoms with Gasteiger partial charge in [-0.15, -0.1) is 0 Å². The van der Waals surface area contributed by atoms with Gasteiger partial charge in [-0.05, 0) is 63.0 Å². The molecule has 0 amide bonds. The Morgan fingerprint density at radius 2 is 1.34 bits per heavy atom. The van der Waals surface area contributed by atoms with Gasteiger partial charge in [0.15, 0.2) is 0 Å². The third-order valence-corrected chi connectivity index (χ3v) is 4.78. The molecule has 0 saturated heterocycles. The number of hydrogen-bond acceptors (Lipinski definition) is 6. The molecule has 0 N–H and O–H groups in total. The van der Waals surface area contributed by atoms with Crippen molar-refractivity contribution in [3.8, 4) is 0 Å². The second-order valence-corrected chi connectivity index (χ2v) is 8.25. The van der Waals surface area contributed by atoms with Crippen molar-refractivity contribution in [2.75, 3.05) is 47.3 Å². The minimum Gasteiger partial charge on any atom is -0.496 e. The summed E-state index contributed by atoms with van der Waals surface area (Å²) in [5, 5.41) is 0. The van der Waals surface area contributed by atoms with Crippen LogP contribution in [0.15, 0.2) is 37.1 Å². The van der Waals surface area contributed by atoms with Crippen LogP contribution >= 0.6 is 0 Å². The van der Waals surface area contributed by atoms with E-state index in [-0.39, 0.29) is 24.4 Å². The van der Waals surface area contributed by atoms with Gasteiger partial charge in [-0.3, -0.25) is 0 Å². The molecule has 182 valence electrons. The van der Waals surface area contributed by atoms with Crippen molar-refractivity contribution in [3.05, 3.63) is 48.2 Å². The fourth-order valence-corrected chi connectivity index (χ4v) is 2.85. The SMILES string of the molecule is C=C(COC(C)COC(C)COC)c1cccc(C(C)=COC(C)COC(C)COC)c1. The van der Waals surface area contributed by atoms with Crippen LogP contribution in [0, 0.1) is 0 Å². The second kappa shape index (κ2) is 16.0. The normalized spacial score (nSPS) is 15.8. The van der Waals surface area contributed by atoms with Crippen molar-refractivity contribution in [2.24, 2.45) is 0 Å². The van der Waals surface area contributed by atoms with E-state index in [9.17, 15) is 0 Å². The number of methoxy groups -OCH3 is 2. The zero-order chi connectivity index (χ0) is 23.9. The molecule has 6 heteroatoms. The molecule has 0 radical (unpaired) electrons. The number of ether oxygens (including phenoxy) is 6. The summed E-state index contributed by atoms with van der Waals surface area (Å²) in [7, 11) is 3.33. The predicted octanol–water partition coefficient (Wildman–Crippen LogP) is 4.97. The Labute approximate surface area is 194 Å². The van der Waals surface area contributed by atoms with Crippen LogP contribution in [0.25, 0.3) is 11.1 Å². The molecule has 0 aliphatic rings. The highest BCUT2D eigenvalue weighted by molar-refractivity contribution is 5.70. The van der Waals surface area contributed by atoms with Crippen LogP contribution in [0.4, 0.5) is 0 Å². The molecule has 0 aliphatic heterocycles. The van der Waals surface area contributed by atoms with Crippen molar-refractivity contribution in [1.82, 2.24) is 0 Å². The Hall–Kier alpha value is -1.70. The predicted molar refractivity (Wildman–Crippen MR) is 130 cm³/mol. The largest absolute Gasteiger partial charge is 0.496 e. The van der Waals surface area contributed by atoms with Gasteiger partial charge in [0.2, 0.25) is 0 Å². The fraction of sp³-hybridized carbons (Fsp3) is 0.615. The summed E-state index contributed by atoms with van der Waals surface area (Å²) in [4.78, 5) is 0. The number of benzene rings is 1. The zero-order valence-corrected chi connectivity index (χ0v) is 20.9. The molecule has 0 bridgehead atoms. The van der Waals surface area contributed by atoms with Gasteiger partial charge in [0, 0.05) is 14.2 Å². The molecule has 6 nitrogen and oxygen atoms in total. The lowest BCUT2D eigenvalue weighted by atomic mass is 10.0. The number of hydrogen-bond donors (Lipinski definition) is 0. The molecule has 0 saturated carbocycles. The van der Waals surface area contributed by atoms with E-state index >= 15 is 0 Å². The summed E-state index contributed by atoms with van der Waals surface area (Å²) >= 11 is 0. The molecular formula is C26H42O6. The first-order valence-corrected chi connectivity index (χ1v) is 11.2. The van der Waals surface area contributed by atoms with Crippen molar-refractivity contribution in [3.63, 3.8) is 0 Å². The van der Waals surface area contributed by atoms with Crippen LogP contribution in [0.3, 0.4) is 0 Å². The summed E-state index contributed by atoms with van der Waals surface area (Å²) in [6.45, 7) is 16.8. The molecule has 0 fully saturated rings. The minimum absolute atomic E-state index is 0.0282. The Kier molecular flexibility index (Phi) is 14.2. The molecule has 0 aromatic heterocycles. The van der Waals surface area contributed by atoms with Gasteiger partial charge >= 0.3 is 0 Å². The van der Waals surface area contributed by atoms with E-state index in [2.05, 4.69) is 18.7 Å². The Morgan fingerprint density at radius 3 is 1.94 bits per heavy atom. The van der Waals surface area contributed by atoms with E-state index in [1.807, 2.05) is 46.8 Å². The Morgan fingerprint density at radius 1 is 0.812 bits per heavy atom. The van der Waals surface area contributed by atoms with E-state index < -0.39 is 0 Å². The smallest absolute Gasteiger partial charge is 0.118 e. The van der Waals surface area contributed by atoms with Crippen molar-refractivity contribution in [1.29, 1.82) is 0 Å². The summed E-state index contributed by atoms with van der Waals surface area (Å²) in [6.07, 6.45) is 1.80. The van der Waals surface area contributed by atoms with Gasteiger partial charge < -0.3 is 28.4 Å². The fourth-order valence-electron chi connectivity index (χ4n) is 2.85. The molecule has 0 aliphatic carbocycles. The average Bonchev–Trinajstić information content (AvgIpc) is 2.78. The summed E-state index contributed by atoms with van der Waals surface area (Å²) in [5.74, 6) is 0. The Bertz CT molecular complexity index is 687. The minimum atomic E-state index is -0.0499. The van der Waals surface area contributed by atoms with Crippen molar-refractivity contribution in [2.45, 2.75) is 59.0 Å². The molecular weight excluding hydrogens is 408 g/mol. The highest BCUT2D eigenvalue weighted by atomic mass is 16.6. The van der Waals surface area contributed by atoms with Crippen LogP contribution < -0.4 is 0 Å². The standard InChI is InChI=1S/C26H42O6/c1-19(13-29-23(5)17-31-21(3)15-27-7)25-10-9-11-26(12-25)20(2)14-30-24(6)18-32-22(4)16-28-8/h9-12,14,21-24H,1,13,15-18H2,2-8H3. The van der Waals surface area contributed by atoms with E-state index in [0.29, 0.717) is 33.0 Å². The van der Waals surface area contributed by atoms with Crippen LogP contribution in [-0.4, -0.2) is 71.7 Å². The quantitative estimate of drug-likeness (QED) is 0.312. The van der Waals surface area contributed by atoms with Crippen LogP contribution in [-0.2, 0) is 28.4 Å².